The zero-order chi connectivity index (χ0) is 18.9. The normalized spacial score (nSPS) is 18.4. The predicted molar refractivity (Wildman–Crippen MR) is 106 cm³/mol. The molecule has 1 atom stereocenters. The van der Waals surface area contributed by atoms with Gasteiger partial charge in [0.15, 0.2) is 22.5 Å². The second kappa shape index (κ2) is 7.31. The Hall–Kier alpha value is -2.80. The minimum Gasteiger partial charge on any atom is -0.454 e. The van der Waals surface area contributed by atoms with E-state index in [1.807, 2.05) is 53.1 Å². The van der Waals surface area contributed by atoms with Gasteiger partial charge in [-0.05, 0) is 43.2 Å². The number of rotatable bonds is 4. The molecule has 142 valence electrons. The summed E-state index contributed by atoms with van der Waals surface area (Å²) in [6, 6.07) is 15.8. The molecule has 0 N–H and O–H groups in total. The van der Waals surface area contributed by atoms with Crippen LogP contribution in [0.5, 0.6) is 11.5 Å². The quantitative estimate of drug-likeness (QED) is 0.660. The van der Waals surface area contributed by atoms with Crippen LogP contribution in [-0.2, 0) is 4.79 Å². The summed E-state index contributed by atoms with van der Waals surface area (Å²) in [7, 11) is 0. The monoisotopic (exact) mass is 393 g/mol. The number of nitrogens with zero attached hydrogens (tertiary/aromatic N) is 3. The Morgan fingerprint density at radius 2 is 1.86 bits per heavy atom. The van der Waals surface area contributed by atoms with Gasteiger partial charge >= 0.3 is 0 Å². The number of para-hydroxylation sites is 1. The van der Waals surface area contributed by atoms with E-state index in [0.717, 1.165) is 47.2 Å². The lowest BCUT2D eigenvalue weighted by atomic mass is 9.99. The second-order valence-corrected chi connectivity index (χ2v) is 8.03. The number of carbonyl (C=O) groups excluding carboxylic acids is 1. The van der Waals surface area contributed by atoms with Crippen LogP contribution in [0.4, 0.5) is 0 Å². The Kier molecular flexibility index (Phi) is 4.52. The molecular formula is C21H19N3O3S. The average molecular weight is 393 g/mol. The molecule has 2 heterocycles. The van der Waals surface area contributed by atoms with Crippen molar-refractivity contribution in [2.75, 3.05) is 6.79 Å². The number of thioether (sulfide) groups is 1. The van der Waals surface area contributed by atoms with Crippen LogP contribution in [0.2, 0.25) is 0 Å². The standard InChI is InChI=1S/C21H19N3O3S/c25-16-8-4-5-9-19(16)28-21-23-22-20(24(21)15-6-2-1-3-7-15)14-10-11-17-18(12-14)27-13-26-17/h1-3,6-7,10-12,19H,4-5,8-9,13H2/t19-/m0/s1. The number of Topliss-reactive ketones (excluding diaryl/α,β-unsaturated/α-hetero) is 1. The Morgan fingerprint density at radius 3 is 2.71 bits per heavy atom. The van der Waals surface area contributed by atoms with Crippen molar-refractivity contribution in [2.45, 2.75) is 36.1 Å². The Balaban J connectivity index is 1.58. The van der Waals surface area contributed by atoms with Gasteiger partial charge in [-0.3, -0.25) is 9.36 Å². The summed E-state index contributed by atoms with van der Waals surface area (Å²) < 4.78 is 13.0. The summed E-state index contributed by atoms with van der Waals surface area (Å²) in [6.45, 7) is 0.231. The van der Waals surface area contributed by atoms with E-state index >= 15 is 0 Å². The van der Waals surface area contributed by atoms with Gasteiger partial charge in [-0.1, -0.05) is 36.4 Å². The minimum absolute atomic E-state index is 0.0509. The van der Waals surface area contributed by atoms with Crippen LogP contribution in [0.15, 0.2) is 53.7 Å². The molecule has 0 bridgehead atoms. The summed E-state index contributed by atoms with van der Waals surface area (Å²) in [6.07, 6.45) is 3.62. The van der Waals surface area contributed by atoms with Crippen LogP contribution in [0.25, 0.3) is 17.1 Å². The molecular weight excluding hydrogens is 374 g/mol. The van der Waals surface area contributed by atoms with Crippen LogP contribution in [0.1, 0.15) is 25.7 Å². The molecule has 7 heteroatoms. The highest BCUT2D eigenvalue weighted by Gasteiger charge is 2.27. The summed E-state index contributed by atoms with van der Waals surface area (Å²) >= 11 is 1.52. The van der Waals surface area contributed by atoms with E-state index in [4.69, 9.17) is 9.47 Å². The van der Waals surface area contributed by atoms with Gasteiger partial charge in [-0.25, -0.2) is 0 Å². The third-order valence-corrected chi connectivity index (χ3v) is 6.28. The molecule has 6 nitrogen and oxygen atoms in total. The average Bonchev–Trinajstić information content (AvgIpc) is 3.36. The lowest BCUT2D eigenvalue weighted by Gasteiger charge is -2.20. The predicted octanol–water partition coefficient (Wildman–Crippen LogP) is 4.27. The first kappa shape index (κ1) is 17.3. The van der Waals surface area contributed by atoms with Crippen molar-refractivity contribution >= 4 is 17.5 Å². The summed E-state index contributed by atoms with van der Waals surface area (Å²) in [5.74, 6) is 2.47. The maximum absolute atomic E-state index is 12.3. The van der Waals surface area contributed by atoms with E-state index in [1.54, 1.807) is 0 Å². The summed E-state index contributed by atoms with van der Waals surface area (Å²) in [5.41, 5.74) is 1.85. The van der Waals surface area contributed by atoms with Gasteiger partial charge in [-0.15, -0.1) is 10.2 Å². The van der Waals surface area contributed by atoms with Gasteiger partial charge in [-0.2, -0.15) is 0 Å². The second-order valence-electron chi connectivity index (χ2n) is 6.86. The van der Waals surface area contributed by atoms with Gasteiger partial charge < -0.3 is 9.47 Å². The van der Waals surface area contributed by atoms with Crippen molar-refractivity contribution in [3.8, 4) is 28.6 Å². The zero-order valence-corrected chi connectivity index (χ0v) is 16.0. The van der Waals surface area contributed by atoms with Gasteiger partial charge in [0, 0.05) is 17.7 Å². The van der Waals surface area contributed by atoms with Crippen molar-refractivity contribution in [2.24, 2.45) is 0 Å². The number of benzene rings is 2. The fourth-order valence-corrected chi connectivity index (χ4v) is 4.76. The van der Waals surface area contributed by atoms with E-state index in [9.17, 15) is 4.79 Å². The first-order valence-electron chi connectivity index (χ1n) is 9.40. The van der Waals surface area contributed by atoms with Gasteiger partial charge in [0.25, 0.3) is 0 Å². The zero-order valence-electron chi connectivity index (χ0n) is 15.2. The molecule has 0 unspecified atom stereocenters. The fraction of sp³-hybridized carbons (Fsp3) is 0.286. The maximum atomic E-state index is 12.3. The first-order valence-corrected chi connectivity index (χ1v) is 10.3. The molecule has 5 rings (SSSR count). The third-order valence-electron chi connectivity index (χ3n) is 5.02. The fourth-order valence-electron chi connectivity index (χ4n) is 3.58. The van der Waals surface area contributed by atoms with Crippen molar-refractivity contribution in [3.63, 3.8) is 0 Å². The lowest BCUT2D eigenvalue weighted by molar-refractivity contribution is -0.119. The summed E-state index contributed by atoms with van der Waals surface area (Å²) in [5, 5.41) is 9.59. The molecule has 1 aliphatic heterocycles. The van der Waals surface area contributed by atoms with Gasteiger partial charge in [0.2, 0.25) is 6.79 Å². The van der Waals surface area contributed by atoms with E-state index in [1.165, 1.54) is 11.8 Å². The molecule has 1 aromatic heterocycles. The topological polar surface area (TPSA) is 66.2 Å². The number of fused-ring (bicyclic) bond motifs is 1. The molecule has 0 amide bonds. The Morgan fingerprint density at radius 1 is 1.00 bits per heavy atom. The van der Waals surface area contributed by atoms with Crippen LogP contribution in [0.3, 0.4) is 0 Å². The molecule has 1 saturated carbocycles. The third kappa shape index (κ3) is 3.16. The van der Waals surface area contributed by atoms with Crippen molar-refractivity contribution in [3.05, 3.63) is 48.5 Å². The molecule has 2 aliphatic rings. The Bertz CT molecular complexity index is 1020. The van der Waals surface area contributed by atoms with Gasteiger partial charge in [0.05, 0.1) is 5.25 Å². The van der Waals surface area contributed by atoms with Crippen LogP contribution in [-0.4, -0.2) is 32.6 Å². The number of aromatic nitrogens is 3. The number of hydrogen-bond donors (Lipinski definition) is 0. The molecule has 2 aromatic carbocycles. The van der Waals surface area contributed by atoms with E-state index in [-0.39, 0.29) is 12.0 Å². The lowest BCUT2D eigenvalue weighted by Crippen LogP contribution is -2.21. The van der Waals surface area contributed by atoms with Crippen molar-refractivity contribution < 1.29 is 14.3 Å². The van der Waals surface area contributed by atoms with Crippen molar-refractivity contribution in [1.29, 1.82) is 0 Å². The van der Waals surface area contributed by atoms with Crippen LogP contribution >= 0.6 is 11.8 Å². The van der Waals surface area contributed by atoms with Gasteiger partial charge in [0.1, 0.15) is 5.78 Å². The molecule has 1 fully saturated rings. The molecule has 0 saturated heterocycles. The highest BCUT2D eigenvalue weighted by molar-refractivity contribution is 8.00. The number of carbonyl (C=O) groups is 1. The smallest absolute Gasteiger partial charge is 0.231 e. The minimum atomic E-state index is -0.0509. The molecule has 28 heavy (non-hydrogen) atoms. The maximum Gasteiger partial charge on any atom is 0.231 e. The summed E-state index contributed by atoms with van der Waals surface area (Å²) in [4.78, 5) is 12.3. The Labute approximate surface area is 166 Å². The first-order chi connectivity index (χ1) is 13.8. The molecule has 0 radical (unpaired) electrons. The SMILES string of the molecule is O=C1CCCC[C@@H]1Sc1nnc(-c2ccc3c(c2)OCO3)n1-c1ccccc1. The van der Waals surface area contributed by atoms with E-state index < -0.39 is 0 Å². The molecule has 1 aliphatic carbocycles. The molecule has 3 aromatic rings. The number of ether oxygens (including phenoxy) is 2. The number of ketones is 1. The van der Waals surface area contributed by atoms with Crippen molar-refractivity contribution in [1.82, 2.24) is 14.8 Å². The highest BCUT2D eigenvalue weighted by Crippen LogP contribution is 2.38. The van der Waals surface area contributed by atoms with Crippen LogP contribution < -0.4 is 9.47 Å². The van der Waals surface area contributed by atoms with Crippen LogP contribution in [0, 0.1) is 0 Å². The largest absolute Gasteiger partial charge is 0.454 e. The number of hydrogen-bond acceptors (Lipinski definition) is 6. The van der Waals surface area contributed by atoms with E-state index in [2.05, 4.69) is 10.2 Å². The highest BCUT2D eigenvalue weighted by atomic mass is 32.2. The van der Waals surface area contributed by atoms with E-state index in [0.29, 0.717) is 18.0 Å². The molecule has 0 spiro atoms.